The van der Waals surface area contributed by atoms with Crippen molar-refractivity contribution in [1.82, 2.24) is 5.32 Å². The molecule has 1 amide bonds. The molecule has 4 heteroatoms. The van der Waals surface area contributed by atoms with Gasteiger partial charge in [0.05, 0.1) is 0 Å². The molecule has 0 aromatic heterocycles. The quantitative estimate of drug-likeness (QED) is 0.755. The number of hydrogen-bond donors (Lipinski definition) is 1. The number of carbonyl (C=O) groups excluding carboxylic acids is 1. The number of amides is 1. The lowest BCUT2D eigenvalue weighted by atomic mass is 9.98. The van der Waals surface area contributed by atoms with Gasteiger partial charge in [0, 0.05) is 12.1 Å². The third kappa shape index (κ3) is 6.08. The summed E-state index contributed by atoms with van der Waals surface area (Å²) >= 11 is 0. The van der Waals surface area contributed by atoms with E-state index in [9.17, 15) is 4.79 Å². The molecule has 3 rings (SSSR count). The lowest BCUT2D eigenvalue weighted by Gasteiger charge is -2.18. The van der Waals surface area contributed by atoms with E-state index in [1.54, 1.807) is 6.08 Å². The van der Waals surface area contributed by atoms with Crippen molar-refractivity contribution < 1.29 is 14.3 Å². The van der Waals surface area contributed by atoms with Crippen molar-refractivity contribution in [3.05, 3.63) is 29.8 Å². The Morgan fingerprint density at radius 2 is 1.50 bits per heavy atom. The van der Waals surface area contributed by atoms with Crippen LogP contribution in [0.15, 0.2) is 24.3 Å². The van der Waals surface area contributed by atoms with E-state index in [2.05, 4.69) is 5.32 Å². The first-order chi connectivity index (χ1) is 12.8. The van der Waals surface area contributed by atoms with E-state index >= 15 is 0 Å². The molecule has 0 unspecified atom stereocenters. The maximum atomic E-state index is 12.3. The SMILES string of the molecule is O=C(/C=C/c1ccc2c(c1)OCO2)NC1CCCCCCCCCCC1. The number of rotatable bonds is 3. The monoisotopic (exact) mass is 357 g/mol. The number of hydrogen-bond acceptors (Lipinski definition) is 3. The standard InChI is InChI=1S/C22H31NO3/c24-22(15-13-18-12-14-20-21(16-18)26-17-25-20)23-19-10-8-6-4-2-1-3-5-7-9-11-19/h12-16,19H,1-11,17H2,(H,23,24)/b15-13+. The zero-order valence-corrected chi connectivity index (χ0v) is 15.7. The molecular weight excluding hydrogens is 326 g/mol. The van der Waals surface area contributed by atoms with E-state index in [-0.39, 0.29) is 12.7 Å². The molecule has 0 bridgehead atoms. The molecular formula is C22H31NO3. The van der Waals surface area contributed by atoms with Crippen molar-refractivity contribution in [2.75, 3.05) is 6.79 Å². The van der Waals surface area contributed by atoms with Crippen LogP contribution in [0.1, 0.15) is 76.2 Å². The van der Waals surface area contributed by atoms with Crippen LogP contribution in [0.3, 0.4) is 0 Å². The number of ether oxygens (including phenoxy) is 2. The lowest BCUT2D eigenvalue weighted by Crippen LogP contribution is -2.33. The van der Waals surface area contributed by atoms with E-state index in [1.807, 2.05) is 24.3 Å². The fraction of sp³-hybridized carbons (Fsp3) is 0.591. The average Bonchev–Trinajstić information content (AvgIpc) is 3.10. The van der Waals surface area contributed by atoms with Crippen molar-refractivity contribution in [3.63, 3.8) is 0 Å². The van der Waals surface area contributed by atoms with Crippen LogP contribution in [0.5, 0.6) is 11.5 Å². The minimum Gasteiger partial charge on any atom is -0.454 e. The molecule has 2 aliphatic rings. The molecule has 0 atom stereocenters. The summed E-state index contributed by atoms with van der Waals surface area (Å²) in [5.74, 6) is 1.51. The molecule has 0 spiro atoms. The zero-order valence-electron chi connectivity index (χ0n) is 15.7. The van der Waals surface area contributed by atoms with E-state index in [4.69, 9.17) is 9.47 Å². The summed E-state index contributed by atoms with van der Waals surface area (Å²) in [5, 5.41) is 3.21. The van der Waals surface area contributed by atoms with Crippen LogP contribution in [-0.2, 0) is 4.79 Å². The molecule has 1 aromatic carbocycles. The molecule has 1 aliphatic carbocycles. The predicted octanol–water partition coefficient (Wildman–Crippen LogP) is 5.22. The number of benzene rings is 1. The maximum Gasteiger partial charge on any atom is 0.244 e. The first-order valence-electron chi connectivity index (χ1n) is 10.2. The van der Waals surface area contributed by atoms with E-state index in [1.165, 1.54) is 57.8 Å². The normalized spacial score (nSPS) is 19.7. The zero-order chi connectivity index (χ0) is 18.0. The Morgan fingerprint density at radius 3 is 2.19 bits per heavy atom. The lowest BCUT2D eigenvalue weighted by molar-refractivity contribution is -0.117. The Kier molecular flexibility index (Phi) is 7.41. The van der Waals surface area contributed by atoms with Crippen molar-refractivity contribution in [3.8, 4) is 11.5 Å². The van der Waals surface area contributed by atoms with Crippen molar-refractivity contribution in [2.45, 2.75) is 76.7 Å². The third-order valence-corrected chi connectivity index (χ3v) is 5.28. The van der Waals surface area contributed by atoms with Gasteiger partial charge >= 0.3 is 0 Å². The predicted molar refractivity (Wildman–Crippen MR) is 104 cm³/mol. The Bertz CT molecular complexity index is 599. The van der Waals surface area contributed by atoms with Gasteiger partial charge in [-0.25, -0.2) is 0 Å². The summed E-state index contributed by atoms with van der Waals surface area (Å²) in [7, 11) is 0. The molecule has 142 valence electrons. The highest BCUT2D eigenvalue weighted by Gasteiger charge is 2.13. The first-order valence-corrected chi connectivity index (χ1v) is 10.2. The van der Waals surface area contributed by atoms with Crippen LogP contribution in [0, 0.1) is 0 Å². The third-order valence-electron chi connectivity index (χ3n) is 5.28. The van der Waals surface area contributed by atoms with Crippen molar-refractivity contribution in [1.29, 1.82) is 0 Å². The molecule has 1 aliphatic heterocycles. The van der Waals surface area contributed by atoms with Gasteiger partial charge in [-0.1, -0.05) is 63.9 Å². The molecule has 0 saturated heterocycles. The minimum absolute atomic E-state index is 0.000221. The van der Waals surface area contributed by atoms with Crippen molar-refractivity contribution >= 4 is 12.0 Å². The van der Waals surface area contributed by atoms with Gasteiger partial charge in [0.25, 0.3) is 0 Å². The van der Waals surface area contributed by atoms with Gasteiger partial charge in [-0.3, -0.25) is 4.79 Å². The van der Waals surface area contributed by atoms with Crippen LogP contribution >= 0.6 is 0 Å². The van der Waals surface area contributed by atoms with Gasteiger partial charge in [-0.2, -0.15) is 0 Å². The topological polar surface area (TPSA) is 47.6 Å². The van der Waals surface area contributed by atoms with Gasteiger partial charge in [0.15, 0.2) is 11.5 Å². The highest BCUT2D eigenvalue weighted by atomic mass is 16.7. The van der Waals surface area contributed by atoms with Crippen LogP contribution in [0.25, 0.3) is 6.08 Å². The Morgan fingerprint density at radius 1 is 0.885 bits per heavy atom. The molecule has 4 nitrogen and oxygen atoms in total. The molecule has 1 heterocycles. The second-order valence-electron chi connectivity index (χ2n) is 7.41. The van der Waals surface area contributed by atoms with Crippen LogP contribution in [0.2, 0.25) is 0 Å². The second-order valence-corrected chi connectivity index (χ2v) is 7.41. The number of carbonyl (C=O) groups is 1. The average molecular weight is 357 g/mol. The van der Waals surface area contributed by atoms with Crippen LogP contribution in [0.4, 0.5) is 0 Å². The smallest absolute Gasteiger partial charge is 0.244 e. The van der Waals surface area contributed by atoms with Gasteiger partial charge < -0.3 is 14.8 Å². The number of nitrogens with one attached hydrogen (secondary N) is 1. The van der Waals surface area contributed by atoms with Gasteiger partial charge in [0.1, 0.15) is 0 Å². The van der Waals surface area contributed by atoms with Crippen LogP contribution in [-0.4, -0.2) is 18.7 Å². The fourth-order valence-electron chi connectivity index (χ4n) is 3.75. The Hall–Kier alpha value is -1.97. The minimum atomic E-state index is -0.000221. The van der Waals surface area contributed by atoms with E-state index in [0.717, 1.165) is 29.9 Å². The number of fused-ring (bicyclic) bond motifs is 1. The molecule has 26 heavy (non-hydrogen) atoms. The summed E-state index contributed by atoms with van der Waals surface area (Å²) in [6.45, 7) is 0.269. The second kappa shape index (κ2) is 10.2. The Labute approximate surface area is 157 Å². The summed E-state index contributed by atoms with van der Waals surface area (Å²) < 4.78 is 10.7. The molecule has 0 radical (unpaired) electrons. The van der Waals surface area contributed by atoms with Gasteiger partial charge in [0.2, 0.25) is 12.7 Å². The molecule has 1 fully saturated rings. The highest BCUT2D eigenvalue weighted by molar-refractivity contribution is 5.92. The Balaban J connectivity index is 1.49. The van der Waals surface area contributed by atoms with Crippen molar-refractivity contribution in [2.24, 2.45) is 0 Å². The molecule has 1 saturated carbocycles. The molecule has 1 aromatic rings. The maximum absolute atomic E-state index is 12.3. The molecule has 1 N–H and O–H groups in total. The van der Waals surface area contributed by atoms with Gasteiger partial charge in [-0.15, -0.1) is 0 Å². The summed E-state index contributed by atoms with van der Waals surface area (Å²) in [5.41, 5.74) is 0.947. The van der Waals surface area contributed by atoms with Gasteiger partial charge in [-0.05, 0) is 36.6 Å². The fourth-order valence-corrected chi connectivity index (χ4v) is 3.75. The van der Waals surface area contributed by atoms with Crippen LogP contribution < -0.4 is 14.8 Å². The summed E-state index contributed by atoms with van der Waals surface area (Å²) in [4.78, 5) is 12.3. The summed E-state index contributed by atoms with van der Waals surface area (Å²) in [6.07, 6.45) is 17.5. The van der Waals surface area contributed by atoms with E-state index in [0.29, 0.717) is 6.04 Å². The summed E-state index contributed by atoms with van der Waals surface area (Å²) in [6, 6.07) is 6.03. The van der Waals surface area contributed by atoms with E-state index < -0.39 is 0 Å². The largest absolute Gasteiger partial charge is 0.454 e. The first kappa shape index (κ1) is 18.8. The highest BCUT2D eigenvalue weighted by Crippen LogP contribution is 2.32.